The number of rotatable bonds is 4. The third-order valence-corrected chi connectivity index (χ3v) is 3.84. The van der Waals surface area contributed by atoms with E-state index in [1.807, 2.05) is 4.90 Å². The van der Waals surface area contributed by atoms with Crippen molar-refractivity contribution in [2.45, 2.75) is 77.9 Å². The van der Waals surface area contributed by atoms with Crippen LogP contribution in [0.25, 0.3) is 0 Å². The Balaban J connectivity index is 2.96. The van der Waals surface area contributed by atoms with E-state index in [9.17, 15) is 9.59 Å². The lowest BCUT2D eigenvalue weighted by atomic mass is 9.76. The van der Waals surface area contributed by atoms with Gasteiger partial charge >= 0.3 is 0 Å². The first-order valence-corrected chi connectivity index (χ1v) is 7.16. The van der Waals surface area contributed by atoms with Gasteiger partial charge in [0.1, 0.15) is 5.78 Å². The summed E-state index contributed by atoms with van der Waals surface area (Å²) >= 11 is 0. The molecular formula is C15H28N2O2. The van der Waals surface area contributed by atoms with E-state index < -0.39 is 0 Å². The third kappa shape index (κ3) is 3.78. The van der Waals surface area contributed by atoms with Gasteiger partial charge in [-0.3, -0.25) is 9.59 Å². The van der Waals surface area contributed by atoms with E-state index in [0.717, 1.165) is 19.4 Å². The van der Waals surface area contributed by atoms with Crippen molar-refractivity contribution in [2.24, 2.45) is 0 Å². The molecule has 1 aliphatic rings. The average molecular weight is 268 g/mol. The minimum Gasteiger partial charge on any atom is -0.332 e. The van der Waals surface area contributed by atoms with Crippen LogP contribution in [0.15, 0.2) is 0 Å². The first kappa shape index (κ1) is 16.2. The molecule has 0 atom stereocenters. The van der Waals surface area contributed by atoms with Gasteiger partial charge in [-0.25, -0.2) is 0 Å². The molecular weight excluding hydrogens is 240 g/mol. The van der Waals surface area contributed by atoms with Crippen molar-refractivity contribution in [3.05, 3.63) is 0 Å². The molecule has 0 aromatic rings. The Morgan fingerprint density at radius 3 is 2.00 bits per heavy atom. The van der Waals surface area contributed by atoms with Crippen LogP contribution >= 0.6 is 0 Å². The SMILES string of the molecule is CCNC1CC(C)(C)N(C(=O)CC(C)=O)C(C)(C)C1. The number of amides is 1. The van der Waals surface area contributed by atoms with Crippen molar-refractivity contribution in [1.82, 2.24) is 10.2 Å². The van der Waals surface area contributed by atoms with E-state index in [2.05, 4.69) is 39.9 Å². The number of piperidine rings is 1. The summed E-state index contributed by atoms with van der Waals surface area (Å²) in [6.07, 6.45) is 1.86. The maximum absolute atomic E-state index is 12.4. The van der Waals surface area contributed by atoms with Crippen LogP contribution in [0.2, 0.25) is 0 Å². The zero-order valence-corrected chi connectivity index (χ0v) is 13.2. The molecule has 0 aromatic carbocycles. The average Bonchev–Trinajstić information content (AvgIpc) is 2.11. The number of hydrogen-bond donors (Lipinski definition) is 1. The van der Waals surface area contributed by atoms with Gasteiger partial charge < -0.3 is 10.2 Å². The highest BCUT2D eigenvalue weighted by Gasteiger charge is 2.47. The molecule has 1 heterocycles. The van der Waals surface area contributed by atoms with E-state index in [-0.39, 0.29) is 29.2 Å². The zero-order chi connectivity index (χ0) is 14.8. The largest absolute Gasteiger partial charge is 0.332 e. The van der Waals surface area contributed by atoms with Gasteiger partial charge in [0.25, 0.3) is 0 Å². The number of ketones is 1. The molecule has 1 aliphatic heterocycles. The Morgan fingerprint density at radius 2 is 1.63 bits per heavy atom. The highest BCUT2D eigenvalue weighted by molar-refractivity contribution is 5.97. The second-order valence-corrected chi connectivity index (χ2v) is 6.90. The van der Waals surface area contributed by atoms with Gasteiger partial charge in [0.15, 0.2) is 0 Å². The normalized spacial score (nSPS) is 22.3. The van der Waals surface area contributed by atoms with Gasteiger partial charge in [-0.05, 0) is 54.0 Å². The van der Waals surface area contributed by atoms with Crippen LogP contribution in [-0.2, 0) is 9.59 Å². The van der Waals surface area contributed by atoms with Gasteiger partial charge in [-0.15, -0.1) is 0 Å². The van der Waals surface area contributed by atoms with Crippen LogP contribution in [0, 0.1) is 0 Å². The molecule has 1 amide bonds. The Hall–Kier alpha value is -0.900. The number of nitrogens with one attached hydrogen (secondary N) is 1. The first-order valence-electron chi connectivity index (χ1n) is 7.16. The van der Waals surface area contributed by atoms with E-state index in [1.165, 1.54) is 6.92 Å². The van der Waals surface area contributed by atoms with E-state index in [1.54, 1.807) is 0 Å². The second kappa shape index (κ2) is 5.61. The Bertz CT molecular complexity index is 343. The molecule has 4 heteroatoms. The minimum absolute atomic E-state index is 0.0126. The zero-order valence-electron chi connectivity index (χ0n) is 13.2. The van der Waals surface area contributed by atoms with Crippen LogP contribution in [0.4, 0.5) is 0 Å². The van der Waals surface area contributed by atoms with Crippen molar-refractivity contribution in [3.63, 3.8) is 0 Å². The quantitative estimate of drug-likeness (QED) is 0.795. The Labute approximate surface area is 116 Å². The standard InChI is InChI=1S/C15H28N2O2/c1-7-16-12-9-14(3,4)17(15(5,6)10-12)13(19)8-11(2)18/h12,16H,7-10H2,1-6H3. The van der Waals surface area contributed by atoms with Crippen molar-refractivity contribution >= 4 is 11.7 Å². The summed E-state index contributed by atoms with van der Waals surface area (Å²) in [6, 6.07) is 0.427. The molecule has 1 rings (SSSR count). The fraction of sp³-hybridized carbons (Fsp3) is 0.867. The lowest BCUT2D eigenvalue weighted by Gasteiger charge is -2.55. The first-order chi connectivity index (χ1) is 8.60. The molecule has 0 radical (unpaired) electrons. The summed E-state index contributed by atoms with van der Waals surface area (Å²) in [5.74, 6) is -0.108. The van der Waals surface area contributed by atoms with Crippen LogP contribution in [0.1, 0.15) is 60.8 Å². The molecule has 0 aliphatic carbocycles. The number of nitrogens with zero attached hydrogens (tertiary/aromatic N) is 1. The molecule has 0 spiro atoms. The predicted molar refractivity (Wildman–Crippen MR) is 77.0 cm³/mol. The molecule has 0 bridgehead atoms. The van der Waals surface area contributed by atoms with Crippen LogP contribution in [-0.4, -0.2) is 40.3 Å². The van der Waals surface area contributed by atoms with Crippen molar-refractivity contribution in [1.29, 1.82) is 0 Å². The fourth-order valence-electron chi connectivity index (χ4n) is 3.68. The fourth-order valence-corrected chi connectivity index (χ4v) is 3.68. The maximum Gasteiger partial charge on any atom is 0.230 e. The van der Waals surface area contributed by atoms with Gasteiger partial charge in [0.05, 0.1) is 6.42 Å². The molecule has 1 N–H and O–H groups in total. The van der Waals surface area contributed by atoms with E-state index >= 15 is 0 Å². The lowest BCUT2D eigenvalue weighted by molar-refractivity contribution is -0.151. The molecule has 1 saturated heterocycles. The summed E-state index contributed by atoms with van der Waals surface area (Å²) < 4.78 is 0. The summed E-state index contributed by atoms with van der Waals surface area (Å²) in [5.41, 5.74) is -0.442. The summed E-state index contributed by atoms with van der Waals surface area (Å²) in [5, 5.41) is 3.49. The number of likely N-dealkylation sites (tertiary alicyclic amines) is 1. The molecule has 0 saturated carbocycles. The molecule has 4 nitrogen and oxygen atoms in total. The summed E-state index contributed by atoms with van der Waals surface area (Å²) in [4.78, 5) is 25.5. The van der Waals surface area contributed by atoms with Crippen LogP contribution in [0.3, 0.4) is 0 Å². The van der Waals surface area contributed by atoms with Crippen LogP contribution in [0.5, 0.6) is 0 Å². The second-order valence-electron chi connectivity index (χ2n) is 6.90. The van der Waals surface area contributed by atoms with Gasteiger partial charge in [0, 0.05) is 17.1 Å². The summed E-state index contributed by atoms with van der Waals surface area (Å²) in [7, 11) is 0. The smallest absolute Gasteiger partial charge is 0.230 e. The molecule has 0 aromatic heterocycles. The molecule has 0 unspecified atom stereocenters. The topological polar surface area (TPSA) is 49.4 Å². The van der Waals surface area contributed by atoms with Gasteiger partial charge in [-0.2, -0.15) is 0 Å². The predicted octanol–water partition coefficient (Wildman–Crippen LogP) is 2.12. The maximum atomic E-state index is 12.4. The number of carbonyl (C=O) groups excluding carboxylic acids is 2. The van der Waals surface area contributed by atoms with E-state index in [0.29, 0.717) is 6.04 Å². The minimum atomic E-state index is -0.221. The number of Topliss-reactive ketones (excluding diaryl/α,β-unsaturated/α-hetero) is 1. The highest BCUT2D eigenvalue weighted by Crippen LogP contribution is 2.38. The Kier molecular flexibility index (Phi) is 4.77. The number of carbonyl (C=O) groups is 2. The molecule has 19 heavy (non-hydrogen) atoms. The third-order valence-electron chi connectivity index (χ3n) is 3.84. The molecule has 110 valence electrons. The van der Waals surface area contributed by atoms with E-state index in [4.69, 9.17) is 0 Å². The number of hydrogen-bond acceptors (Lipinski definition) is 3. The van der Waals surface area contributed by atoms with Crippen molar-refractivity contribution in [3.8, 4) is 0 Å². The van der Waals surface area contributed by atoms with Gasteiger partial charge in [0.2, 0.25) is 5.91 Å². The summed E-state index contributed by atoms with van der Waals surface area (Å²) in [6.45, 7) is 12.9. The Morgan fingerprint density at radius 1 is 1.16 bits per heavy atom. The van der Waals surface area contributed by atoms with Gasteiger partial charge in [-0.1, -0.05) is 6.92 Å². The molecule has 1 fully saturated rings. The lowest BCUT2D eigenvalue weighted by Crippen LogP contribution is -2.65. The van der Waals surface area contributed by atoms with Crippen LogP contribution < -0.4 is 5.32 Å². The monoisotopic (exact) mass is 268 g/mol. The van der Waals surface area contributed by atoms with Crippen molar-refractivity contribution in [2.75, 3.05) is 6.54 Å². The highest BCUT2D eigenvalue weighted by atomic mass is 16.2. The van der Waals surface area contributed by atoms with Crippen molar-refractivity contribution < 1.29 is 9.59 Å².